The number of rotatable bonds is 5. The van der Waals surface area contributed by atoms with E-state index in [4.69, 9.17) is 0 Å². The summed E-state index contributed by atoms with van der Waals surface area (Å²) in [4.78, 5) is 35.9. The first-order chi connectivity index (χ1) is 12.4. The smallest absolute Gasteiger partial charge is 0.236 e. The summed E-state index contributed by atoms with van der Waals surface area (Å²) in [6.45, 7) is 7.25. The van der Waals surface area contributed by atoms with E-state index in [1.165, 1.54) is 0 Å². The zero-order valence-electron chi connectivity index (χ0n) is 16.1. The van der Waals surface area contributed by atoms with Crippen LogP contribution in [0.4, 0.5) is 0 Å². The number of carbonyl (C=O) groups is 2. The van der Waals surface area contributed by atoms with E-state index < -0.39 is 0 Å². The van der Waals surface area contributed by atoms with Crippen molar-refractivity contribution >= 4 is 11.8 Å². The third-order valence-electron chi connectivity index (χ3n) is 5.66. The molecule has 0 saturated carbocycles. The minimum absolute atomic E-state index is 0.106. The molecule has 1 spiro atoms. The maximum Gasteiger partial charge on any atom is 0.236 e. The van der Waals surface area contributed by atoms with E-state index in [0.717, 1.165) is 31.5 Å². The number of hydrogen-bond acceptors (Lipinski definition) is 4. The van der Waals surface area contributed by atoms with Crippen molar-refractivity contribution in [2.24, 2.45) is 5.41 Å². The normalized spacial score (nSPS) is 23.5. The molecule has 2 saturated heterocycles. The van der Waals surface area contributed by atoms with Crippen molar-refractivity contribution in [1.29, 1.82) is 0 Å². The minimum Gasteiger partial charge on any atom is -0.340 e. The fraction of sp³-hybridized carbons (Fsp3) is 0.650. The van der Waals surface area contributed by atoms with Crippen molar-refractivity contribution in [2.75, 3.05) is 33.2 Å². The number of likely N-dealkylation sites (tertiary alicyclic amines) is 2. The SMILES string of the molecule is CC(C)N1CCCC2(CCN(C(=O)CN(C)Cc3ccccn3)C2)C1=O. The molecule has 2 fully saturated rings. The van der Waals surface area contributed by atoms with E-state index in [9.17, 15) is 9.59 Å². The molecule has 1 atom stereocenters. The Kier molecular flexibility index (Phi) is 5.61. The summed E-state index contributed by atoms with van der Waals surface area (Å²) in [7, 11) is 1.94. The van der Waals surface area contributed by atoms with Gasteiger partial charge in [-0.2, -0.15) is 0 Å². The molecular formula is C20H30N4O2. The molecule has 0 radical (unpaired) electrons. The van der Waals surface area contributed by atoms with Crippen LogP contribution in [0, 0.1) is 5.41 Å². The van der Waals surface area contributed by atoms with Gasteiger partial charge in [-0.05, 0) is 52.3 Å². The largest absolute Gasteiger partial charge is 0.340 e. The molecule has 1 unspecified atom stereocenters. The lowest BCUT2D eigenvalue weighted by Gasteiger charge is -2.41. The summed E-state index contributed by atoms with van der Waals surface area (Å²) in [5.41, 5.74) is 0.605. The maximum atomic E-state index is 13.0. The standard InChI is InChI=1S/C20H30N4O2/c1-16(2)24-11-6-8-20(19(24)26)9-12-23(15-20)18(25)14-22(3)13-17-7-4-5-10-21-17/h4-5,7,10,16H,6,8-9,11-15H2,1-3H3. The molecule has 1 aromatic heterocycles. The topological polar surface area (TPSA) is 56.8 Å². The van der Waals surface area contributed by atoms with Crippen LogP contribution in [0.5, 0.6) is 0 Å². The third kappa shape index (κ3) is 3.90. The van der Waals surface area contributed by atoms with Crippen molar-refractivity contribution in [1.82, 2.24) is 19.7 Å². The van der Waals surface area contributed by atoms with Crippen LogP contribution >= 0.6 is 0 Å². The zero-order valence-corrected chi connectivity index (χ0v) is 16.1. The van der Waals surface area contributed by atoms with E-state index in [0.29, 0.717) is 26.2 Å². The second kappa shape index (κ2) is 7.74. The fourth-order valence-electron chi connectivity index (χ4n) is 4.21. The van der Waals surface area contributed by atoms with Gasteiger partial charge >= 0.3 is 0 Å². The number of carbonyl (C=O) groups excluding carboxylic acids is 2. The van der Waals surface area contributed by atoms with Crippen molar-refractivity contribution in [3.8, 4) is 0 Å². The molecule has 2 aliphatic heterocycles. The second-order valence-corrected chi connectivity index (χ2v) is 8.03. The number of hydrogen-bond donors (Lipinski definition) is 0. The van der Waals surface area contributed by atoms with Crippen molar-refractivity contribution < 1.29 is 9.59 Å². The number of aromatic nitrogens is 1. The van der Waals surface area contributed by atoms with E-state index in [1.54, 1.807) is 6.20 Å². The Bertz CT molecular complexity index is 648. The molecule has 3 rings (SSSR count). The molecule has 0 aromatic carbocycles. The lowest BCUT2D eigenvalue weighted by molar-refractivity contribution is -0.148. The summed E-state index contributed by atoms with van der Waals surface area (Å²) in [6.07, 6.45) is 4.50. The summed E-state index contributed by atoms with van der Waals surface area (Å²) in [5.74, 6) is 0.352. The molecule has 2 aliphatic rings. The van der Waals surface area contributed by atoms with Crippen molar-refractivity contribution in [2.45, 2.75) is 45.7 Å². The van der Waals surface area contributed by atoms with Gasteiger partial charge in [0.05, 0.1) is 17.7 Å². The summed E-state index contributed by atoms with van der Waals surface area (Å²) in [5, 5.41) is 0. The first-order valence-electron chi connectivity index (χ1n) is 9.58. The molecule has 0 aliphatic carbocycles. The Labute approximate surface area is 156 Å². The van der Waals surface area contributed by atoms with Gasteiger partial charge in [0.2, 0.25) is 11.8 Å². The number of likely N-dealkylation sites (N-methyl/N-ethyl adjacent to an activating group) is 1. The average molecular weight is 358 g/mol. The van der Waals surface area contributed by atoms with Gasteiger partial charge in [0.15, 0.2) is 0 Å². The van der Waals surface area contributed by atoms with Crippen LogP contribution in [0.15, 0.2) is 24.4 Å². The number of amides is 2. The lowest BCUT2D eigenvalue weighted by Crippen LogP contribution is -2.53. The van der Waals surface area contributed by atoms with Crippen LogP contribution in [-0.4, -0.2) is 70.8 Å². The fourth-order valence-corrected chi connectivity index (χ4v) is 4.21. The van der Waals surface area contributed by atoms with Gasteiger partial charge in [-0.15, -0.1) is 0 Å². The van der Waals surface area contributed by atoms with Gasteiger partial charge in [0.25, 0.3) is 0 Å². The highest BCUT2D eigenvalue weighted by atomic mass is 16.2. The van der Waals surface area contributed by atoms with E-state index in [2.05, 4.69) is 18.8 Å². The lowest BCUT2D eigenvalue weighted by atomic mass is 9.78. The minimum atomic E-state index is -0.349. The number of nitrogens with zero attached hydrogens (tertiary/aromatic N) is 4. The summed E-state index contributed by atoms with van der Waals surface area (Å²) >= 11 is 0. The van der Waals surface area contributed by atoms with Gasteiger partial charge in [-0.1, -0.05) is 6.07 Å². The quantitative estimate of drug-likeness (QED) is 0.805. The van der Waals surface area contributed by atoms with Crippen molar-refractivity contribution in [3.05, 3.63) is 30.1 Å². The number of piperidine rings is 1. The van der Waals surface area contributed by atoms with E-state index in [-0.39, 0.29) is 23.3 Å². The van der Waals surface area contributed by atoms with Gasteiger partial charge in [0.1, 0.15) is 0 Å². The second-order valence-electron chi connectivity index (χ2n) is 8.03. The average Bonchev–Trinajstić information content (AvgIpc) is 3.03. The monoisotopic (exact) mass is 358 g/mol. The van der Waals surface area contributed by atoms with Crippen LogP contribution in [-0.2, 0) is 16.1 Å². The molecule has 26 heavy (non-hydrogen) atoms. The predicted octanol–water partition coefficient (Wildman–Crippen LogP) is 1.76. The summed E-state index contributed by atoms with van der Waals surface area (Å²) < 4.78 is 0. The van der Waals surface area contributed by atoms with Gasteiger partial charge in [0, 0.05) is 38.4 Å². The Morgan fingerprint density at radius 1 is 1.31 bits per heavy atom. The Hall–Kier alpha value is -1.95. The predicted molar refractivity (Wildman–Crippen MR) is 100 cm³/mol. The Morgan fingerprint density at radius 3 is 2.81 bits per heavy atom. The summed E-state index contributed by atoms with van der Waals surface area (Å²) in [6, 6.07) is 6.04. The Balaban J connectivity index is 1.57. The molecular weight excluding hydrogens is 328 g/mol. The van der Waals surface area contributed by atoms with Crippen molar-refractivity contribution in [3.63, 3.8) is 0 Å². The highest BCUT2D eigenvalue weighted by Crippen LogP contribution is 2.40. The third-order valence-corrected chi connectivity index (χ3v) is 5.66. The van der Waals surface area contributed by atoms with Crippen LogP contribution < -0.4 is 0 Å². The first-order valence-corrected chi connectivity index (χ1v) is 9.58. The molecule has 0 bridgehead atoms. The Morgan fingerprint density at radius 2 is 2.12 bits per heavy atom. The molecule has 2 amide bonds. The van der Waals surface area contributed by atoms with Gasteiger partial charge < -0.3 is 9.80 Å². The van der Waals surface area contributed by atoms with E-state index >= 15 is 0 Å². The van der Waals surface area contributed by atoms with E-state index in [1.807, 2.05) is 39.9 Å². The molecule has 3 heterocycles. The molecule has 1 aromatic rings. The number of pyridine rings is 1. The van der Waals surface area contributed by atoms with Crippen LogP contribution in [0.3, 0.4) is 0 Å². The van der Waals surface area contributed by atoms with Gasteiger partial charge in [-0.25, -0.2) is 0 Å². The van der Waals surface area contributed by atoms with Gasteiger partial charge in [-0.3, -0.25) is 19.5 Å². The molecule has 6 nitrogen and oxygen atoms in total. The molecule has 0 N–H and O–H groups in total. The first kappa shape index (κ1) is 18.8. The highest BCUT2D eigenvalue weighted by molar-refractivity contribution is 5.86. The van der Waals surface area contributed by atoms with Crippen LogP contribution in [0.2, 0.25) is 0 Å². The highest BCUT2D eigenvalue weighted by Gasteiger charge is 2.49. The van der Waals surface area contributed by atoms with Crippen LogP contribution in [0.25, 0.3) is 0 Å². The van der Waals surface area contributed by atoms with Crippen LogP contribution in [0.1, 0.15) is 38.8 Å². The molecule has 142 valence electrons. The zero-order chi connectivity index (χ0) is 18.7. The molecule has 6 heteroatoms. The maximum absolute atomic E-state index is 13.0.